The third-order valence-electron chi connectivity index (χ3n) is 4.39. The normalized spacial score (nSPS) is 11.8. The van der Waals surface area contributed by atoms with Gasteiger partial charge < -0.3 is 9.47 Å². The van der Waals surface area contributed by atoms with Crippen molar-refractivity contribution in [2.24, 2.45) is 0 Å². The lowest BCUT2D eigenvalue weighted by molar-refractivity contribution is 0.177. The van der Waals surface area contributed by atoms with E-state index >= 15 is 0 Å². The topological polar surface area (TPSA) is 68.7 Å². The minimum absolute atomic E-state index is 0.223. The number of ether oxygens (including phenoxy) is 2. The van der Waals surface area contributed by atoms with Crippen LogP contribution in [-0.2, 0) is 21.3 Å². The van der Waals surface area contributed by atoms with E-state index in [9.17, 15) is 8.42 Å². The molecule has 0 saturated heterocycles. The van der Waals surface area contributed by atoms with Crippen LogP contribution in [0.25, 0.3) is 10.8 Å². The largest absolute Gasteiger partial charge is 0.493 e. The van der Waals surface area contributed by atoms with Crippen molar-refractivity contribution in [3.05, 3.63) is 66.5 Å². The second-order valence-corrected chi connectivity index (χ2v) is 8.14. The maximum Gasteiger partial charge on any atom is 0.244 e. The Kier molecular flexibility index (Phi) is 6.61. The standard InChI is InChI=1S/C21H24N2O4S/c1-3-27-20-10-11-21(19-9-5-4-8-18(19)20)28(24,25)23(13-14-26-2)16-17-7-6-12-22-15-17/h4-12,15H,3,13-14,16H2,1-2H3. The number of fused-ring (bicyclic) bond motifs is 1. The van der Waals surface area contributed by atoms with Gasteiger partial charge in [0, 0.05) is 43.4 Å². The smallest absolute Gasteiger partial charge is 0.244 e. The summed E-state index contributed by atoms with van der Waals surface area (Å²) in [5.41, 5.74) is 0.817. The van der Waals surface area contributed by atoms with Crippen molar-refractivity contribution < 1.29 is 17.9 Å². The summed E-state index contributed by atoms with van der Waals surface area (Å²) < 4.78 is 39.3. The van der Waals surface area contributed by atoms with Gasteiger partial charge in [0.15, 0.2) is 0 Å². The van der Waals surface area contributed by atoms with Crippen LogP contribution in [0.3, 0.4) is 0 Å². The third kappa shape index (κ3) is 4.32. The maximum absolute atomic E-state index is 13.5. The number of methoxy groups -OCH3 is 1. The first kappa shape index (κ1) is 20.3. The van der Waals surface area contributed by atoms with E-state index in [1.807, 2.05) is 37.3 Å². The highest BCUT2D eigenvalue weighted by Gasteiger charge is 2.27. The summed E-state index contributed by atoms with van der Waals surface area (Å²) in [7, 11) is -2.20. The molecule has 0 saturated carbocycles. The molecule has 0 bridgehead atoms. The molecule has 1 heterocycles. The van der Waals surface area contributed by atoms with E-state index < -0.39 is 10.0 Å². The van der Waals surface area contributed by atoms with E-state index in [4.69, 9.17) is 9.47 Å². The van der Waals surface area contributed by atoms with Gasteiger partial charge in [-0.25, -0.2) is 8.42 Å². The van der Waals surface area contributed by atoms with Gasteiger partial charge in [-0.15, -0.1) is 0 Å². The molecule has 0 N–H and O–H groups in total. The summed E-state index contributed by atoms with van der Waals surface area (Å²) in [6.07, 6.45) is 3.34. The number of benzene rings is 2. The van der Waals surface area contributed by atoms with Gasteiger partial charge >= 0.3 is 0 Å². The molecule has 0 unspecified atom stereocenters. The van der Waals surface area contributed by atoms with E-state index in [1.54, 1.807) is 37.7 Å². The molecule has 3 rings (SSSR count). The highest BCUT2D eigenvalue weighted by atomic mass is 32.2. The van der Waals surface area contributed by atoms with Gasteiger partial charge in [-0.1, -0.05) is 30.3 Å². The molecule has 0 radical (unpaired) electrons. The van der Waals surface area contributed by atoms with Gasteiger partial charge in [-0.05, 0) is 30.7 Å². The van der Waals surface area contributed by atoms with Gasteiger partial charge in [-0.2, -0.15) is 4.31 Å². The molecule has 2 aromatic carbocycles. The van der Waals surface area contributed by atoms with Crippen LogP contribution in [0.1, 0.15) is 12.5 Å². The minimum atomic E-state index is -3.76. The molecule has 0 atom stereocenters. The maximum atomic E-state index is 13.5. The van der Waals surface area contributed by atoms with Gasteiger partial charge in [0.25, 0.3) is 0 Å². The number of pyridine rings is 1. The first-order chi connectivity index (χ1) is 13.6. The van der Waals surface area contributed by atoms with Crippen LogP contribution >= 0.6 is 0 Å². The molecule has 148 valence electrons. The Morgan fingerprint density at radius 3 is 2.50 bits per heavy atom. The number of aromatic nitrogens is 1. The fourth-order valence-corrected chi connectivity index (χ4v) is 4.67. The fraction of sp³-hybridized carbons (Fsp3) is 0.286. The number of sulfonamides is 1. The summed E-state index contributed by atoms with van der Waals surface area (Å²) in [6.45, 7) is 3.18. The van der Waals surface area contributed by atoms with Crippen LogP contribution in [0.15, 0.2) is 65.8 Å². The molecule has 0 spiro atoms. The second-order valence-electron chi connectivity index (χ2n) is 6.23. The predicted molar refractivity (Wildman–Crippen MR) is 109 cm³/mol. The van der Waals surface area contributed by atoms with Gasteiger partial charge in [0.05, 0.1) is 18.1 Å². The van der Waals surface area contributed by atoms with Crippen LogP contribution in [0, 0.1) is 0 Å². The number of hydrogen-bond acceptors (Lipinski definition) is 5. The van der Waals surface area contributed by atoms with Crippen molar-refractivity contribution in [2.75, 3.05) is 26.9 Å². The molecule has 28 heavy (non-hydrogen) atoms. The highest BCUT2D eigenvalue weighted by molar-refractivity contribution is 7.89. The Morgan fingerprint density at radius 1 is 1.04 bits per heavy atom. The molecular weight excluding hydrogens is 376 g/mol. The molecular formula is C21H24N2O4S. The Morgan fingerprint density at radius 2 is 1.82 bits per heavy atom. The molecule has 7 heteroatoms. The fourth-order valence-electron chi connectivity index (χ4n) is 3.06. The van der Waals surface area contributed by atoms with Gasteiger partial charge in [0.2, 0.25) is 10.0 Å². The summed E-state index contributed by atoms with van der Waals surface area (Å²) in [4.78, 5) is 4.34. The van der Waals surface area contributed by atoms with Gasteiger partial charge in [-0.3, -0.25) is 4.98 Å². The van der Waals surface area contributed by atoms with E-state index in [0.29, 0.717) is 24.3 Å². The zero-order valence-corrected chi connectivity index (χ0v) is 16.9. The van der Waals surface area contributed by atoms with Gasteiger partial charge in [0.1, 0.15) is 5.75 Å². The molecule has 3 aromatic rings. The number of rotatable bonds is 9. The molecule has 6 nitrogen and oxygen atoms in total. The van der Waals surface area contributed by atoms with Crippen LogP contribution in [0.5, 0.6) is 5.75 Å². The van der Waals surface area contributed by atoms with Crippen LogP contribution < -0.4 is 4.74 Å². The molecule has 1 aromatic heterocycles. The SMILES string of the molecule is CCOc1ccc(S(=O)(=O)N(CCOC)Cc2cccnc2)c2ccccc12. The van der Waals surface area contributed by atoms with Crippen LogP contribution in [0.2, 0.25) is 0 Å². The van der Waals surface area contributed by atoms with Crippen molar-refractivity contribution in [1.29, 1.82) is 0 Å². The monoisotopic (exact) mass is 400 g/mol. The predicted octanol–water partition coefficient (Wildman–Crippen LogP) is 3.47. The number of nitrogens with zero attached hydrogens (tertiary/aromatic N) is 2. The quantitative estimate of drug-likeness (QED) is 0.550. The Hall–Kier alpha value is -2.48. The minimum Gasteiger partial charge on any atom is -0.493 e. The molecule has 0 fully saturated rings. The second kappa shape index (κ2) is 9.14. The van der Waals surface area contributed by atoms with Crippen molar-refractivity contribution in [3.8, 4) is 5.75 Å². The molecule has 0 aliphatic heterocycles. The molecule has 0 aliphatic carbocycles. The summed E-state index contributed by atoms with van der Waals surface area (Å²) in [5.74, 6) is 0.674. The average Bonchev–Trinajstić information content (AvgIpc) is 2.72. The Bertz CT molecular complexity index is 1020. The van der Waals surface area contributed by atoms with E-state index in [-0.39, 0.29) is 18.0 Å². The zero-order chi connectivity index (χ0) is 20.0. The highest BCUT2D eigenvalue weighted by Crippen LogP contribution is 2.33. The Balaban J connectivity index is 2.07. The first-order valence-electron chi connectivity index (χ1n) is 9.10. The van der Waals surface area contributed by atoms with E-state index in [0.717, 1.165) is 10.9 Å². The lowest BCUT2D eigenvalue weighted by Crippen LogP contribution is -2.33. The van der Waals surface area contributed by atoms with Crippen molar-refractivity contribution in [1.82, 2.24) is 9.29 Å². The summed E-state index contributed by atoms with van der Waals surface area (Å²) in [5, 5.41) is 1.42. The van der Waals surface area contributed by atoms with Crippen LogP contribution in [-0.4, -0.2) is 44.6 Å². The lowest BCUT2D eigenvalue weighted by Gasteiger charge is -2.23. The molecule has 0 aliphatic rings. The van der Waals surface area contributed by atoms with Crippen LogP contribution in [0.4, 0.5) is 0 Å². The summed E-state index contributed by atoms with van der Waals surface area (Å²) in [6, 6.07) is 14.4. The zero-order valence-electron chi connectivity index (χ0n) is 16.0. The number of hydrogen-bond donors (Lipinski definition) is 0. The third-order valence-corrected chi connectivity index (χ3v) is 6.29. The molecule has 0 amide bonds. The van der Waals surface area contributed by atoms with Crippen molar-refractivity contribution in [2.45, 2.75) is 18.4 Å². The first-order valence-corrected chi connectivity index (χ1v) is 10.5. The van der Waals surface area contributed by atoms with Crippen molar-refractivity contribution in [3.63, 3.8) is 0 Å². The Labute approximate surface area is 165 Å². The van der Waals surface area contributed by atoms with E-state index in [1.165, 1.54) is 4.31 Å². The lowest BCUT2D eigenvalue weighted by atomic mass is 10.1. The summed E-state index contributed by atoms with van der Waals surface area (Å²) >= 11 is 0. The van der Waals surface area contributed by atoms with Crippen molar-refractivity contribution >= 4 is 20.8 Å². The van der Waals surface area contributed by atoms with E-state index in [2.05, 4.69) is 4.98 Å². The average molecular weight is 401 g/mol.